The number of nitrogens with zero attached hydrogens (tertiary/aromatic N) is 1. The van der Waals surface area contributed by atoms with E-state index in [-0.39, 0.29) is 17.1 Å². The van der Waals surface area contributed by atoms with E-state index in [4.69, 9.17) is 0 Å². The van der Waals surface area contributed by atoms with Crippen LogP contribution in [0, 0.1) is 0 Å². The summed E-state index contributed by atoms with van der Waals surface area (Å²) in [5, 5.41) is 2.14. The minimum atomic E-state index is -5.33. The smallest absolute Gasteiger partial charge is 0.387 e. The number of fused-ring (bicyclic) bond motifs is 1. The average Bonchev–Trinajstić information content (AvgIpc) is 2.50. The quantitative estimate of drug-likeness (QED) is 0.676. The Balaban J connectivity index is 2.90. The second-order valence-corrected chi connectivity index (χ2v) is 4.65. The number of Topliss-reactive ketones (excluding diaryl/α,β-unsaturated/α-hetero) is 2. The fraction of sp³-hybridized carbons (Fsp3) is 0.214. The maximum Gasteiger partial charge on any atom is 0.454 e. The molecule has 2 rings (SSSR count). The lowest BCUT2D eigenvalue weighted by Crippen LogP contribution is -2.27. The molecule has 0 aliphatic rings. The lowest BCUT2D eigenvalue weighted by molar-refractivity contribution is -0.0886. The predicted molar refractivity (Wildman–Crippen MR) is 72.1 cm³/mol. The van der Waals surface area contributed by atoms with Crippen molar-refractivity contribution in [1.29, 1.82) is 0 Å². The number of nitrogens with one attached hydrogen (secondary N) is 1. The van der Waals surface area contributed by atoms with Crippen LogP contribution in [0.5, 0.6) is 0 Å². The highest BCUT2D eigenvalue weighted by Gasteiger charge is 2.44. The van der Waals surface area contributed by atoms with Gasteiger partial charge in [-0.25, -0.2) is 0 Å². The molecule has 0 aliphatic heterocycles. The molecular formula is C14H8F6N2O2. The largest absolute Gasteiger partial charge is 0.454 e. The summed E-state index contributed by atoms with van der Waals surface area (Å²) in [7, 11) is 1.19. The average molecular weight is 350 g/mol. The van der Waals surface area contributed by atoms with Crippen LogP contribution in [0.4, 0.5) is 32.0 Å². The third-order valence-electron chi connectivity index (χ3n) is 3.14. The van der Waals surface area contributed by atoms with Gasteiger partial charge in [-0.15, -0.1) is 0 Å². The number of carbonyl (C=O) groups excluding carboxylic acids is 2. The van der Waals surface area contributed by atoms with Gasteiger partial charge in [0.05, 0.1) is 22.3 Å². The summed E-state index contributed by atoms with van der Waals surface area (Å²) in [5.74, 6) is -4.75. The number of benzene rings is 1. The third-order valence-corrected chi connectivity index (χ3v) is 3.14. The first-order valence-electron chi connectivity index (χ1n) is 6.31. The topological polar surface area (TPSA) is 59.1 Å². The molecule has 0 fully saturated rings. The van der Waals surface area contributed by atoms with Crippen LogP contribution in [0.25, 0.3) is 10.9 Å². The van der Waals surface area contributed by atoms with Crippen LogP contribution in [-0.2, 0) is 0 Å². The molecule has 0 atom stereocenters. The van der Waals surface area contributed by atoms with Gasteiger partial charge >= 0.3 is 12.4 Å². The Labute approximate surface area is 130 Å². The molecule has 0 unspecified atom stereocenters. The van der Waals surface area contributed by atoms with Gasteiger partial charge in [0.15, 0.2) is 0 Å². The third kappa shape index (κ3) is 3.03. The Morgan fingerprint density at radius 2 is 1.54 bits per heavy atom. The lowest BCUT2D eigenvalue weighted by Gasteiger charge is -2.16. The Morgan fingerprint density at radius 1 is 1.00 bits per heavy atom. The zero-order chi connectivity index (χ0) is 18.3. The van der Waals surface area contributed by atoms with Gasteiger partial charge in [-0.3, -0.25) is 14.6 Å². The fourth-order valence-corrected chi connectivity index (χ4v) is 2.18. The molecule has 2 aromatic rings. The highest BCUT2D eigenvalue weighted by molar-refractivity contribution is 6.18. The van der Waals surface area contributed by atoms with Crippen LogP contribution in [0.15, 0.2) is 24.4 Å². The van der Waals surface area contributed by atoms with Crippen molar-refractivity contribution in [1.82, 2.24) is 4.98 Å². The van der Waals surface area contributed by atoms with E-state index in [0.29, 0.717) is 0 Å². The Bertz CT molecular complexity index is 826. The van der Waals surface area contributed by atoms with Gasteiger partial charge in [-0.1, -0.05) is 0 Å². The maximum absolute atomic E-state index is 12.7. The van der Waals surface area contributed by atoms with E-state index in [2.05, 4.69) is 10.3 Å². The number of carbonyl (C=O) groups is 2. The SMILES string of the molecule is CNc1c(C(=O)C(F)(F)F)cc(C(=O)C(F)(F)F)c2ncccc12. The van der Waals surface area contributed by atoms with Gasteiger partial charge in [0.25, 0.3) is 11.6 Å². The van der Waals surface area contributed by atoms with Crippen molar-refractivity contribution >= 4 is 28.2 Å². The van der Waals surface area contributed by atoms with Crippen molar-refractivity contribution in [3.8, 4) is 0 Å². The van der Waals surface area contributed by atoms with Gasteiger partial charge in [-0.05, 0) is 18.2 Å². The number of halogens is 6. The number of anilines is 1. The molecule has 128 valence electrons. The summed E-state index contributed by atoms with van der Waals surface area (Å²) in [6.45, 7) is 0. The van der Waals surface area contributed by atoms with Crippen LogP contribution in [0.3, 0.4) is 0 Å². The summed E-state index contributed by atoms with van der Waals surface area (Å²) in [4.78, 5) is 26.7. The molecule has 4 nitrogen and oxygen atoms in total. The lowest BCUT2D eigenvalue weighted by atomic mass is 9.96. The molecule has 0 saturated carbocycles. The van der Waals surface area contributed by atoms with Crippen molar-refractivity contribution in [2.45, 2.75) is 12.4 Å². The van der Waals surface area contributed by atoms with Crippen LogP contribution in [0.1, 0.15) is 20.7 Å². The zero-order valence-corrected chi connectivity index (χ0v) is 11.8. The minimum absolute atomic E-state index is 0.206. The van der Waals surface area contributed by atoms with Crippen LogP contribution >= 0.6 is 0 Å². The Morgan fingerprint density at radius 3 is 2.04 bits per heavy atom. The molecule has 0 aliphatic carbocycles. The predicted octanol–water partition coefficient (Wildman–Crippen LogP) is 3.77. The molecule has 0 spiro atoms. The molecular weight excluding hydrogens is 342 g/mol. The van der Waals surface area contributed by atoms with E-state index in [1.807, 2.05) is 0 Å². The normalized spacial score (nSPS) is 12.3. The molecule has 0 saturated heterocycles. The van der Waals surface area contributed by atoms with Crippen molar-refractivity contribution in [3.63, 3.8) is 0 Å². The van der Waals surface area contributed by atoms with E-state index < -0.39 is 40.6 Å². The van der Waals surface area contributed by atoms with E-state index in [9.17, 15) is 35.9 Å². The van der Waals surface area contributed by atoms with Crippen molar-refractivity contribution < 1.29 is 35.9 Å². The number of aromatic nitrogens is 1. The maximum atomic E-state index is 12.7. The first kappa shape index (κ1) is 17.7. The second kappa shape index (κ2) is 5.77. The van der Waals surface area contributed by atoms with Gasteiger partial charge in [-0.2, -0.15) is 26.3 Å². The molecule has 1 aromatic heterocycles. The van der Waals surface area contributed by atoms with Gasteiger partial charge in [0, 0.05) is 18.6 Å². The number of rotatable bonds is 3. The fourth-order valence-electron chi connectivity index (χ4n) is 2.18. The van der Waals surface area contributed by atoms with E-state index >= 15 is 0 Å². The van der Waals surface area contributed by atoms with Gasteiger partial charge in [0.2, 0.25) is 0 Å². The first-order valence-corrected chi connectivity index (χ1v) is 6.31. The molecule has 0 bridgehead atoms. The van der Waals surface area contributed by atoms with Crippen molar-refractivity contribution in [2.24, 2.45) is 0 Å². The van der Waals surface area contributed by atoms with Crippen molar-refractivity contribution in [3.05, 3.63) is 35.5 Å². The van der Waals surface area contributed by atoms with Crippen molar-refractivity contribution in [2.75, 3.05) is 12.4 Å². The summed E-state index contributed by atoms with van der Waals surface area (Å²) in [6.07, 6.45) is -9.57. The molecule has 0 radical (unpaired) electrons. The molecule has 1 heterocycles. The van der Waals surface area contributed by atoms with Gasteiger partial charge in [0.1, 0.15) is 0 Å². The van der Waals surface area contributed by atoms with Crippen LogP contribution in [-0.4, -0.2) is 36.0 Å². The zero-order valence-electron chi connectivity index (χ0n) is 11.8. The molecule has 24 heavy (non-hydrogen) atoms. The first-order chi connectivity index (χ1) is 11.0. The number of alkyl halides is 6. The summed E-state index contributed by atoms with van der Waals surface area (Å²) >= 11 is 0. The summed E-state index contributed by atoms with van der Waals surface area (Å²) in [6, 6.07) is 2.69. The number of ketones is 2. The van der Waals surface area contributed by atoms with E-state index in [1.54, 1.807) is 0 Å². The number of hydrogen-bond acceptors (Lipinski definition) is 4. The Kier molecular flexibility index (Phi) is 4.25. The summed E-state index contributed by atoms with van der Waals surface area (Å²) in [5.41, 5.74) is -3.02. The highest BCUT2D eigenvalue weighted by atomic mass is 19.4. The summed E-state index contributed by atoms with van der Waals surface area (Å²) < 4.78 is 76.3. The molecule has 1 N–H and O–H groups in total. The minimum Gasteiger partial charge on any atom is -0.387 e. The number of pyridine rings is 1. The number of hydrogen-bond donors (Lipinski definition) is 1. The standard InChI is InChI=1S/C14H8F6N2O2/c1-21-9-6-3-2-4-22-10(6)8(12(24)14(18,19)20)5-7(9)11(23)13(15,16)17/h2-5,21H,1H3. The van der Waals surface area contributed by atoms with E-state index in [1.165, 1.54) is 13.1 Å². The van der Waals surface area contributed by atoms with Gasteiger partial charge < -0.3 is 5.32 Å². The highest BCUT2D eigenvalue weighted by Crippen LogP contribution is 2.35. The molecule has 1 aromatic carbocycles. The van der Waals surface area contributed by atoms with Crippen LogP contribution in [0.2, 0.25) is 0 Å². The Hall–Kier alpha value is -2.65. The molecule has 10 heteroatoms. The monoisotopic (exact) mass is 350 g/mol. The van der Waals surface area contributed by atoms with Crippen LogP contribution < -0.4 is 5.32 Å². The molecule has 0 amide bonds. The second-order valence-electron chi connectivity index (χ2n) is 4.65. The van der Waals surface area contributed by atoms with E-state index in [0.717, 1.165) is 12.3 Å².